The molecule has 0 aliphatic heterocycles. The largest absolute Gasteiger partial charge is 0.508 e. The van der Waals surface area contributed by atoms with Crippen LogP contribution in [0.3, 0.4) is 0 Å². The Balaban J connectivity index is 1.98. The van der Waals surface area contributed by atoms with E-state index in [-0.39, 0.29) is 23.3 Å². The van der Waals surface area contributed by atoms with E-state index in [1.807, 2.05) is 19.2 Å². The van der Waals surface area contributed by atoms with Gasteiger partial charge in [0, 0.05) is 22.8 Å². The number of nitrogens with two attached hydrogens (primary N) is 1. The Hall–Kier alpha value is -2.82. The summed E-state index contributed by atoms with van der Waals surface area (Å²) in [6.45, 7) is 1.86. The average molecular weight is 489 g/mol. The number of hydrogen-bond donors (Lipinski definition) is 5. The minimum Gasteiger partial charge on any atom is -0.508 e. The lowest BCUT2D eigenvalue weighted by Crippen LogP contribution is -2.65. The number of phenolic OH excluding ortho intramolecular Hbond substituents is 1. The number of nitrogens with zero attached hydrogens (tertiary/aromatic N) is 1. The third-order valence-corrected chi connectivity index (χ3v) is 7.92. The van der Waals surface area contributed by atoms with Gasteiger partial charge in [-0.15, -0.1) is 0 Å². The molecule has 1 aromatic rings. The molecule has 4 unspecified atom stereocenters. The lowest BCUT2D eigenvalue weighted by Gasteiger charge is -2.50. The summed E-state index contributed by atoms with van der Waals surface area (Å²) >= 11 is 1.49. The first-order chi connectivity index (χ1) is 15.9. The van der Waals surface area contributed by atoms with Crippen molar-refractivity contribution < 1.29 is 34.8 Å². The Labute approximate surface area is 200 Å². The van der Waals surface area contributed by atoms with E-state index in [1.54, 1.807) is 14.1 Å². The van der Waals surface area contributed by atoms with Crippen molar-refractivity contribution in [2.45, 2.75) is 37.2 Å². The number of primary amides is 1. The number of hydrogen-bond acceptors (Lipinski definition) is 9. The lowest BCUT2D eigenvalue weighted by atomic mass is 9.57. The monoisotopic (exact) mass is 488 g/mol. The number of aromatic hydroxyl groups is 1. The highest BCUT2D eigenvalue weighted by atomic mass is 32.2. The first-order valence-electron chi connectivity index (χ1n) is 10.9. The number of rotatable bonds is 4. The maximum absolute atomic E-state index is 13.8. The maximum atomic E-state index is 13.8. The second-order valence-corrected chi connectivity index (χ2v) is 10.3. The third-order valence-electron chi connectivity index (χ3n) is 7.32. The summed E-state index contributed by atoms with van der Waals surface area (Å²) in [6, 6.07) is 0.764. The average Bonchev–Trinajstić information content (AvgIpc) is 2.74. The molecule has 1 aromatic carbocycles. The van der Waals surface area contributed by atoms with Crippen molar-refractivity contribution in [1.29, 1.82) is 0 Å². The van der Waals surface area contributed by atoms with E-state index in [0.717, 1.165) is 5.56 Å². The molecule has 0 radical (unpaired) electrons. The Bertz CT molecular complexity index is 1200. The van der Waals surface area contributed by atoms with Crippen LogP contribution in [0.4, 0.5) is 0 Å². The minimum atomic E-state index is -2.62. The highest BCUT2D eigenvalue weighted by Gasteiger charge is 2.64. The fraction of sp³-hybridized carbons (Fsp3) is 0.458. The van der Waals surface area contributed by atoms with E-state index in [2.05, 4.69) is 0 Å². The van der Waals surface area contributed by atoms with Crippen LogP contribution < -0.4 is 5.73 Å². The van der Waals surface area contributed by atoms with Crippen LogP contribution in [0.1, 0.15) is 28.7 Å². The molecule has 6 N–H and O–H groups in total. The van der Waals surface area contributed by atoms with E-state index in [0.29, 0.717) is 23.3 Å². The second-order valence-electron chi connectivity index (χ2n) is 9.45. The number of aryl methyl sites for hydroxylation is 1. The van der Waals surface area contributed by atoms with Crippen LogP contribution in [0.25, 0.3) is 5.76 Å². The van der Waals surface area contributed by atoms with Gasteiger partial charge in [0.05, 0.1) is 11.6 Å². The molecule has 3 aliphatic carbocycles. The van der Waals surface area contributed by atoms with Crippen molar-refractivity contribution in [3.63, 3.8) is 0 Å². The number of benzene rings is 1. The van der Waals surface area contributed by atoms with E-state index < -0.39 is 58.0 Å². The van der Waals surface area contributed by atoms with Crippen LogP contribution in [-0.2, 0) is 26.6 Å². The zero-order valence-electron chi connectivity index (χ0n) is 19.4. The van der Waals surface area contributed by atoms with Crippen molar-refractivity contribution in [3.8, 4) is 5.75 Å². The number of ketones is 2. The number of likely N-dealkylation sites (N-methyl/N-ethyl adjacent to an activating group) is 1. The van der Waals surface area contributed by atoms with Gasteiger partial charge in [-0.05, 0) is 57.2 Å². The van der Waals surface area contributed by atoms with Crippen LogP contribution in [0, 0.1) is 18.8 Å². The fourth-order valence-corrected chi connectivity index (χ4v) is 6.36. The number of aliphatic hydroxyl groups excluding tert-OH is 2. The molecule has 0 heterocycles. The molecule has 9 nitrogen and oxygen atoms in total. The van der Waals surface area contributed by atoms with Crippen LogP contribution in [0.2, 0.25) is 0 Å². The SMILES string of the molecule is CSCc1cc(C)c2c(c1O)C(O)=C1C(=O)C3(O)C(O)=C(C(N)=O)C(=O)C(N(C)C)C3CC1C2. The quantitative estimate of drug-likeness (QED) is 0.391. The summed E-state index contributed by atoms with van der Waals surface area (Å²) < 4.78 is 0. The van der Waals surface area contributed by atoms with Crippen molar-refractivity contribution >= 4 is 35.0 Å². The molecule has 0 aromatic heterocycles. The summed E-state index contributed by atoms with van der Waals surface area (Å²) in [4.78, 5) is 40.3. The smallest absolute Gasteiger partial charge is 0.255 e. The number of carbonyl (C=O) groups excluding carboxylic acids is 3. The van der Waals surface area contributed by atoms with Gasteiger partial charge >= 0.3 is 0 Å². The Morgan fingerprint density at radius 1 is 1.26 bits per heavy atom. The van der Waals surface area contributed by atoms with Gasteiger partial charge in [-0.1, -0.05) is 6.07 Å². The minimum absolute atomic E-state index is 0.0819. The van der Waals surface area contributed by atoms with E-state index in [4.69, 9.17) is 5.73 Å². The molecule has 4 rings (SSSR count). The van der Waals surface area contributed by atoms with Gasteiger partial charge in [0.1, 0.15) is 22.8 Å². The van der Waals surface area contributed by atoms with Gasteiger partial charge in [-0.2, -0.15) is 11.8 Å². The zero-order valence-corrected chi connectivity index (χ0v) is 20.2. The van der Waals surface area contributed by atoms with Crippen molar-refractivity contribution in [1.82, 2.24) is 4.90 Å². The Morgan fingerprint density at radius 2 is 1.91 bits per heavy atom. The number of phenols is 1. The number of amides is 1. The molecule has 182 valence electrons. The Kier molecular flexibility index (Phi) is 5.82. The third kappa shape index (κ3) is 3.12. The molecule has 1 fully saturated rings. The summed E-state index contributed by atoms with van der Waals surface area (Å²) in [6.07, 6.45) is 2.26. The fourth-order valence-electron chi connectivity index (χ4n) is 5.83. The van der Waals surface area contributed by atoms with Crippen molar-refractivity contribution in [2.24, 2.45) is 17.6 Å². The number of aliphatic hydroxyl groups is 3. The van der Waals surface area contributed by atoms with Crippen LogP contribution in [0.15, 0.2) is 23.0 Å². The normalized spacial score (nSPS) is 28.7. The van der Waals surface area contributed by atoms with E-state index in [1.165, 1.54) is 16.7 Å². The van der Waals surface area contributed by atoms with Crippen molar-refractivity contribution in [2.75, 3.05) is 20.4 Å². The molecular formula is C24H28N2O7S. The van der Waals surface area contributed by atoms with E-state index in [9.17, 15) is 34.8 Å². The first-order valence-corrected chi connectivity index (χ1v) is 12.2. The van der Waals surface area contributed by atoms with Crippen LogP contribution >= 0.6 is 11.8 Å². The molecule has 3 aliphatic rings. The van der Waals surface area contributed by atoms with Crippen molar-refractivity contribution in [3.05, 3.63) is 45.2 Å². The molecule has 4 atom stereocenters. The first kappa shape index (κ1) is 24.3. The summed E-state index contributed by atoms with van der Waals surface area (Å²) in [5.41, 5.74) is 4.03. The molecule has 1 amide bonds. The van der Waals surface area contributed by atoms with E-state index >= 15 is 0 Å². The molecule has 1 saturated carbocycles. The highest BCUT2D eigenvalue weighted by Crippen LogP contribution is 2.53. The number of fused-ring (bicyclic) bond motifs is 3. The zero-order chi connectivity index (χ0) is 25.3. The number of thioether (sulfide) groups is 1. The number of carbonyl (C=O) groups is 3. The van der Waals surface area contributed by atoms with Gasteiger partial charge < -0.3 is 26.2 Å². The second kappa shape index (κ2) is 8.14. The van der Waals surface area contributed by atoms with Gasteiger partial charge in [0.2, 0.25) is 5.78 Å². The van der Waals surface area contributed by atoms with Gasteiger partial charge in [0.15, 0.2) is 11.4 Å². The molecule has 0 bridgehead atoms. The predicted molar refractivity (Wildman–Crippen MR) is 126 cm³/mol. The Morgan fingerprint density at radius 3 is 2.47 bits per heavy atom. The number of Topliss-reactive ketones (excluding diaryl/α,β-unsaturated/α-hetero) is 2. The van der Waals surface area contributed by atoms with Gasteiger partial charge in [-0.3, -0.25) is 19.3 Å². The summed E-state index contributed by atoms with van der Waals surface area (Å²) in [5, 5.41) is 44.6. The lowest BCUT2D eigenvalue weighted by molar-refractivity contribution is -0.153. The highest BCUT2D eigenvalue weighted by molar-refractivity contribution is 7.97. The maximum Gasteiger partial charge on any atom is 0.255 e. The summed E-state index contributed by atoms with van der Waals surface area (Å²) in [5.74, 6) is -5.84. The molecule has 0 spiro atoms. The molecular weight excluding hydrogens is 460 g/mol. The van der Waals surface area contributed by atoms with Gasteiger partial charge in [-0.25, -0.2) is 0 Å². The molecule has 10 heteroatoms. The van der Waals surface area contributed by atoms with Crippen LogP contribution in [0.5, 0.6) is 5.75 Å². The van der Waals surface area contributed by atoms with Gasteiger partial charge in [0.25, 0.3) is 5.91 Å². The molecule has 34 heavy (non-hydrogen) atoms. The topological polar surface area (TPSA) is 161 Å². The standard InChI is InChI=1S/C24H28N2O7S/c1-9-5-11(8-34-4)18(27)15-12(9)6-10-7-13-17(26(2)3)20(29)16(23(25)32)22(31)24(13,33)21(30)14(10)19(15)28/h5,10,13,17,27-28,31,33H,6-8H2,1-4H3,(H2,25,32). The summed E-state index contributed by atoms with van der Waals surface area (Å²) in [7, 11) is 3.14. The predicted octanol–water partition coefficient (Wildman–Crippen LogP) is 1.14. The molecule has 0 saturated heterocycles. The van der Waals surface area contributed by atoms with Crippen LogP contribution in [-0.4, -0.2) is 74.8 Å².